The zero-order valence-electron chi connectivity index (χ0n) is 64.2. The van der Waals surface area contributed by atoms with Crippen molar-refractivity contribution in [2.24, 2.45) is 0 Å². The van der Waals surface area contributed by atoms with E-state index in [0.717, 1.165) is 91.5 Å². The van der Waals surface area contributed by atoms with Gasteiger partial charge < -0.3 is 103 Å². The van der Waals surface area contributed by atoms with Crippen LogP contribution in [-0.2, 0) is 20.3 Å². The molecule has 0 amide bonds. The highest BCUT2D eigenvalue weighted by molar-refractivity contribution is 5.88. The Morgan fingerprint density at radius 1 is 0.305 bits per heavy atom. The van der Waals surface area contributed by atoms with Gasteiger partial charge in [-0.1, -0.05) is 182 Å². The van der Waals surface area contributed by atoms with Crippen LogP contribution in [0.3, 0.4) is 0 Å². The number of epoxide rings is 2. The minimum Gasteiger partial charge on any atom is -0.506 e. The van der Waals surface area contributed by atoms with E-state index in [4.69, 9.17) is 51.4 Å². The van der Waals surface area contributed by atoms with Gasteiger partial charge >= 0.3 is 0 Å². The fourth-order valence-corrected chi connectivity index (χ4v) is 15.6. The zero-order valence-corrected chi connectivity index (χ0v) is 64.2. The Balaban J connectivity index is 0.000000167. The van der Waals surface area contributed by atoms with Gasteiger partial charge in [-0.15, -0.1) is 0 Å². The molecule has 2 fully saturated rings. The zero-order chi connectivity index (χ0) is 81.6. The summed E-state index contributed by atoms with van der Waals surface area (Å²) in [5.41, 5.74) is 42.7. The van der Waals surface area contributed by atoms with Crippen molar-refractivity contribution in [3.05, 3.63) is 348 Å². The van der Waals surface area contributed by atoms with Crippen molar-refractivity contribution in [1.82, 2.24) is 0 Å². The number of nitrogen functional groups attached to an aromatic ring is 4. The first kappa shape index (κ1) is 77.6. The van der Waals surface area contributed by atoms with E-state index in [1.165, 1.54) is 57.6 Å². The Morgan fingerprint density at radius 3 is 0.797 bits per heavy atom. The molecule has 4 atom stereocenters. The Morgan fingerprint density at radius 2 is 0.542 bits per heavy atom. The number of phenolic OH excluding ortho intramolecular Hbond substituents is 6. The standard InChI is InChI=1S/C55H50N4O8.C31H26O4.C12H12N2O2/c56-47-25-33(9-21-51(47)62)35-11-23-53(64)49(27-35)58-29-39(60)31-66-41-17-13-37(14-18-41)55(45-7-3-1-5-43(45)44-6-2-4-8-46(44)55)38-15-19-42(20-16-38)67-32-40(61)30-59-50-28-36(12-24-54(50)65)34-10-22-52(63)48(57)26-34;1-3-7-29-27(5-1)28-6-2-4-8-30(28)31(29,21-9-13-23(14-10-21)32-17-25-19-34-25)22-11-15-24(16-12-22)33-18-26-20-35-26;13-9-5-7(1-3-11(9)15)8-2-4-12(16)10(14)6-8/h1-28,39-40,58-65H,29-32,56-57H2;1-16,25-26H,17-20H2;1-6,15-16H,13-14H2. The number of anilines is 6. The second-order valence-electron chi connectivity index (χ2n) is 29.6. The van der Waals surface area contributed by atoms with Crippen LogP contribution in [-0.4, -0.2) is 118 Å². The molecule has 2 aliphatic heterocycles. The monoisotopic (exact) mass is 1570 g/mol. The van der Waals surface area contributed by atoms with Crippen molar-refractivity contribution in [1.29, 1.82) is 0 Å². The SMILES string of the molecule is Nc1cc(-c2ccc(O)c(N)c2)ccc1O.Nc1cc(-c2ccc(O)c(NCC(O)COc3ccc(C4(c5ccc(OCC(O)CNc6cc(-c7ccc(O)c(N)c7)ccc6O)cc5)c5ccccc5-c5ccccc54)cc3)c2)ccc1O.c1ccc2c(c1)-c1ccccc1C2(c1ccc(OCC2CO2)cc1)c1ccc(OCC2CO2)cc1. The molecule has 0 radical (unpaired) electrons. The molecule has 14 aromatic rings. The first-order chi connectivity index (χ1) is 57.4. The van der Waals surface area contributed by atoms with Gasteiger partial charge in [-0.05, 0) is 221 Å². The van der Waals surface area contributed by atoms with Crippen molar-refractivity contribution < 1.29 is 69.3 Å². The normalized spacial score (nSPS) is 15.0. The maximum absolute atomic E-state index is 10.9. The summed E-state index contributed by atoms with van der Waals surface area (Å²) in [4.78, 5) is 0. The number of hydrogen-bond acceptors (Lipinski definition) is 20. The number of hydrogen-bond donors (Lipinski definition) is 14. The minimum absolute atomic E-state index is 0.00304. The summed E-state index contributed by atoms with van der Waals surface area (Å²) in [6.07, 6.45) is -1.34. The average Bonchev–Trinajstić information content (AvgIpc) is 1.54. The van der Waals surface area contributed by atoms with Crippen molar-refractivity contribution in [2.75, 3.05) is 86.3 Å². The lowest BCUT2D eigenvalue weighted by molar-refractivity contribution is 0.117. The molecule has 0 aromatic heterocycles. The molecule has 2 aliphatic carbocycles. The van der Waals surface area contributed by atoms with Crippen molar-refractivity contribution in [3.63, 3.8) is 0 Å². The van der Waals surface area contributed by atoms with Crippen LogP contribution in [0.4, 0.5) is 34.1 Å². The van der Waals surface area contributed by atoms with E-state index in [0.29, 0.717) is 47.5 Å². The van der Waals surface area contributed by atoms with Crippen molar-refractivity contribution in [2.45, 2.75) is 35.2 Å². The summed E-state index contributed by atoms with van der Waals surface area (Å²) < 4.78 is 34.6. The molecular weight excluding hydrogens is 1490 g/mol. The first-order valence-electron chi connectivity index (χ1n) is 38.8. The summed E-state index contributed by atoms with van der Waals surface area (Å²) in [5, 5.41) is 87.4. The molecule has 2 heterocycles. The van der Waals surface area contributed by atoms with Gasteiger partial charge in [-0.25, -0.2) is 0 Å². The summed E-state index contributed by atoms with van der Waals surface area (Å²) in [7, 11) is 0. The molecular formula is C98H88N6O14. The lowest BCUT2D eigenvalue weighted by atomic mass is 9.68. The number of nitrogens with one attached hydrogen (secondary N) is 2. The van der Waals surface area contributed by atoms with Crippen LogP contribution < -0.4 is 52.5 Å². The Bertz CT molecular complexity index is 5580. The molecule has 20 nitrogen and oxygen atoms in total. The number of nitrogens with two attached hydrogens (primary N) is 4. The highest BCUT2D eigenvalue weighted by Crippen LogP contribution is 2.58. The quantitative estimate of drug-likeness (QED) is 0.0144. The van der Waals surface area contributed by atoms with Gasteiger partial charge in [-0.2, -0.15) is 0 Å². The maximum Gasteiger partial charge on any atom is 0.138 e. The Labute approximate surface area is 682 Å². The topological polar surface area (TPSA) is 352 Å². The van der Waals surface area contributed by atoms with Gasteiger partial charge in [0, 0.05) is 13.1 Å². The van der Waals surface area contributed by atoms with E-state index in [9.17, 15) is 40.9 Å². The molecule has 118 heavy (non-hydrogen) atoms. The molecule has 4 unspecified atom stereocenters. The van der Waals surface area contributed by atoms with Crippen LogP contribution in [0.1, 0.15) is 44.5 Å². The fraction of sp³-hybridized carbons (Fsp3) is 0.143. The van der Waals surface area contributed by atoms with Crippen LogP contribution >= 0.6 is 0 Å². The van der Waals surface area contributed by atoms with Gasteiger partial charge in [0.2, 0.25) is 0 Å². The molecule has 2 saturated heterocycles. The Hall–Kier alpha value is -14.3. The van der Waals surface area contributed by atoms with E-state index in [-0.39, 0.29) is 84.4 Å². The molecule has 4 aliphatic rings. The van der Waals surface area contributed by atoms with Crippen LogP contribution in [0.15, 0.2) is 303 Å². The molecule has 0 spiro atoms. The van der Waals surface area contributed by atoms with E-state index < -0.39 is 23.0 Å². The number of aliphatic hydroxyl groups excluding tert-OH is 2. The van der Waals surface area contributed by atoms with E-state index in [1.807, 2.05) is 36.4 Å². The van der Waals surface area contributed by atoms with Gasteiger partial charge in [0.15, 0.2) is 0 Å². The fourth-order valence-electron chi connectivity index (χ4n) is 15.6. The predicted molar refractivity (Wildman–Crippen MR) is 461 cm³/mol. The third-order valence-electron chi connectivity index (χ3n) is 21.8. The predicted octanol–water partition coefficient (Wildman–Crippen LogP) is 16.6. The Kier molecular flexibility index (Phi) is 22.1. The number of phenols is 6. The average molecular weight is 1570 g/mol. The summed E-state index contributed by atoms with van der Waals surface area (Å²) in [5.74, 6) is 3.02. The van der Waals surface area contributed by atoms with Crippen LogP contribution in [0.2, 0.25) is 0 Å². The lowest BCUT2D eigenvalue weighted by Crippen LogP contribution is -2.29. The lowest BCUT2D eigenvalue weighted by Gasteiger charge is -2.34. The summed E-state index contributed by atoms with van der Waals surface area (Å²) >= 11 is 0. The minimum atomic E-state index is -0.909. The number of aromatic hydroxyl groups is 6. The van der Waals surface area contributed by atoms with Crippen molar-refractivity contribution >= 4 is 34.1 Å². The molecule has 594 valence electrons. The molecule has 20 heteroatoms. The molecule has 0 bridgehead atoms. The molecule has 14 aromatic carbocycles. The highest BCUT2D eigenvalue weighted by atomic mass is 16.6. The van der Waals surface area contributed by atoms with Crippen molar-refractivity contribution in [3.8, 4) is 113 Å². The third-order valence-corrected chi connectivity index (χ3v) is 21.8. The first-order valence-corrected chi connectivity index (χ1v) is 38.8. The highest BCUT2D eigenvalue weighted by Gasteiger charge is 2.48. The van der Waals surface area contributed by atoms with Gasteiger partial charge in [-0.3, -0.25) is 0 Å². The van der Waals surface area contributed by atoms with E-state index >= 15 is 0 Å². The second-order valence-corrected chi connectivity index (χ2v) is 29.6. The van der Waals surface area contributed by atoms with Gasteiger partial charge in [0.25, 0.3) is 0 Å². The number of fused-ring (bicyclic) bond motifs is 6. The summed E-state index contributed by atoms with van der Waals surface area (Å²) in [6, 6.07) is 97.1. The molecule has 18 rings (SSSR count). The smallest absolute Gasteiger partial charge is 0.138 e. The van der Waals surface area contributed by atoms with E-state index in [1.54, 1.807) is 84.9 Å². The third kappa shape index (κ3) is 16.3. The molecule has 0 saturated carbocycles. The van der Waals surface area contributed by atoms with Gasteiger partial charge in [0.1, 0.15) is 108 Å². The van der Waals surface area contributed by atoms with E-state index in [2.05, 4.69) is 168 Å². The number of rotatable bonds is 25. The summed E-state index contributed by atoms with van der Waals surface area (Å²) in [6.45, 7) is 3.00. The second kappa shape index (κ2) is 33.7. The largest absolute Gasteiger partial charge is 0.506 e. The maximum atomic E-state index is 10.9. The molecule has 18 N–H and O–H groups in total. The number of aliphatic hydroxyl groups is 2. The number of ether oxygens (including phenoxy) is 6. The van der Waals surface area contributed by atoms with Gasteiger partial charge in [0.05, 0.1) is 58.2 Å². The number of benzene rings is 14. The van der Waals surface area contributed by atoms with Crippen LogP contribution in [0.25, 0.3) is 55.6 Å². The van der Waals surface area contributed by atoms with Crippen LogP contribution in [0.5, 0.6) is 57.5 Å². The van der Waals surface area contributed by atoms with Crippen LogP contribution in [0, 0.1) is 0 Å².